The van der Waals surface area contributed by atoms with Crippen molar-refractivity contribution in [1.82, 2.24) is 25.5 Å². The minimum absolute atomic E-state index is 0.0975. The molecular formula is C23H19FN6O. The minimum Gasteiger partial charge on any atom is -0.394 e. The Kier molecular flexibility index (Phi) is 3.85. The van der Waals surface area contributed by atoms with Gasteiger partial charge in [0.2, 0.25) is 0 Å². The number of hydrogen-bond acceptors (Lipinski definition) is 5. The molecule has 1 fully saturated rings. The largest absolute Gasteiger partial charge is 0.394 e. The highest BCUT2D eigenvalue weighted by Gasteiger charge is 2.24. The van der Waals surface area contributed by atoms with Crippen molar-refractivity contribution in [3.05, 3.63) is 64.5 Å². The van der Waals surface area contributed by atoms with Crippen molar-refractivity contribution in [2.24, 2.45) is 0 Å². The van der Waals surface area contributed by atoms with Gasteiger partial charge in [-0.2, -0.15) is 5.10 Å². The molecule has 0 saturated carbocycles. The number of rotatable bonds is 2. The summed E-state index contributed by atoms with van der Waals surface area (Å²) in [4.78, 5) is 20.4. The Labute approximate surface area is 175 Å². The van der Waals surface area contributed by atoms with Crippen LogP contribution in [0.3, 0.4) is 0 Å². The monoisotopic (exact) mass is 414 g/mol. The molecule has 0 amide bonds. The number of aromatic nitrogens is 4. The number of aromatic amines is 2. The molecule has 5 N–H and O–H groups in total. The van der Waals surface area contributed by atoms with Gasteiger partial charge in [0.25, 0.3) is 5.56 Å². The molecule has 4 heterocycles. The smallest absolute Gasteiger partial charge is 0.272 e. The van der Waals surface area contributed by atoms with E-state index in [9.17, 15) is 9.18 Å². The summed E-state index contributed by atoms with van der Waals surface area (Å²) in [6.07, 6.45) is 4.34. The lowest BCUT2D eigenvalue weighted by atomic mass is 9.89. The zero-order chi connectivity index (χ0) is 21.1. The van der Waals surface area contributed by atoms with Gasteiger partial charge < -0.3 is 16.0 Å². The minimum atomic E-state index is -0.406. The van der Waals surface area contributed by atoms with E-state index in [1.54, 1.807) is 18.5 Å². The third-order valence-electron chi connectivity index (χ3n) is 6.28. The van der Waals surface area contributed by atoms with E-state index in [1.165, 1.54) is 6.07 Å². The lowest BCUT2D eigenvalue weighted by molar-refractivity contribution is 0.636. The van der Waals surface area contributed by atoms with Crippen molar-refractivity contribution >= 4 is 38.4 Å². The van der Waals surface area contributed by atoms with Gasteiger partial charge in [0.1, 0.15) is 17.0 Å². The molecule has 1 aliphatic rings. The summed E-state index contributed by atoms with van der Waals surface area (Å²) < 4.78 is 14.3. The Bertz CT molecular complexity index is 1550. The van der Waals surface area contributed by atoms with Crippen LogP contribution < -0.4 is 16.6 Å². The fourth-order valence-electron chi connectivity index (χ4n) is 4.79. The number of anilines is 1. The summed E-state index contributed by atoms with van der Waals surface area (Å²) in [6.45, 7) is 1.82. The van der Waals surface area contributed by atoms with Gasteiger partial charge >= 0.3 is 0 Å². The summed E-state index contributed by atoms with van der Waals surface area (Å²) in [7, 11) is 0. The first-order valence-electron chi connectivity index (χ1n) is 10.2. The first kappa shape index (κ1) is 18.0. The van der Waals surface area contributed by atoms with E-state index in [0.717, 1.165) is 41.4 Å². The topological polar surface area (TPSA) is 112 Å². The second-order valence-corrected chi connectivity index (χ2v) is 7.97. The molecule has 1 unspecified atom stereocenters. The molecule has 8 heteroatoms. The lowest BCUT2D eigenvalue weighted by Gasteiger charge is -2.17. The van der Waals surface area contributed by atoms with Crippen LogP contribution in [0, 0.1) is 5.82 Å². The van der Waals surface area contributed by atoms with Gasteiger partial charge in [-0.25, -0.2) is 4.39 Å². The Morgan fingerprint density at radius 3 is 2.87 bits per heavy atom. The van der Waals surface area contributed by atoms with Crippen molar-refractivity contribution in [3.8, 4) is 11.1 Å². The second-order valence-electron chi connectivity index (χ2n) is 7.97. The van der Waals surface area contributed by atoms with Crippen LogP contribution in [0.1, 0.15) is 17.9 Å². The summed E-state index contributed by atoms with van der Waals surface area (Å²) in [5, 5.41) is 12.4. The van der Waals surface area contributed by atoms with E-state index >= 15 is 0 Å². The molecule has 7 nitrogen and oxygen atoms in total. The Balaban J connectivity index is 1.80. The number of hydrogen-bond donors (Lipinski definition) is 4. The molecular weight excluding hydrogens is 395 g/mol. The average Bonchev–Trinajstić information content (AvgIpc) is 3.48. The van der Waals surface area contributed by atoms with Crippen molar-refractivity contribution < 1.29 is 4.39 Å². The van der Waals surface area contributed by atoms with E-state index in [0.29, 0.717) is 27.9 Å². The Hall–Kier alpha value is -3.78. The van der Waals surface area contributed by atoms with Crippen LogP contribution in [-0.2, 0) is 0 Å². The zero-order valence-electron chi connectivity index (χ0n) is 16.5. The molecule has 3 aromatic heterocycles. The predicted molar refractivity (Wildman–Crippen MR) is 120 cm³/mol. The third-order valence-corrected chi connectivity index (χ3v) is 6.28. The lowest BCUT2D eigenvalue weighted by Crippen LogP contribution is -2.14. The van der Waals surface area contributed by atoms with Crippen molar-refractivity contribution in [1.29, 1.82) is 0 Å². The van der Waals surface area contributed by atoms with Gasteiger partial charge in [-0.15, -0.1) is 0 Å². The van der Waals surface area contributed by atoms with Crippen LogP contribution in [0.4, 0.5) is 10.1 Å². The fourth-order valence-corrected chi connectivity index (χ4v) is 4.79. The Morgan fingerprint density at radius 2 is 2.03 bits per heavy atom. The highest BCUT2D eigenvalue weighted by molar-refractivity contribution is 6.15. The van der Waals surface area contributed by atoms with Gasteiger partial charge in [0.05, 0.1) is 17.2 Å². The summed E-state index contributed by atoms with van der Waals surface area (Å²) in [6, 6.07) is 8.93. The van der Waals surface area contributed by atoms with Crippen LogP contribution in [-0.4, -0.2) is 33.3 Å². The van der Waals surface area contributed by atoms with E-state index in [2.05, 4.69) is 31.5 Å². The van der Waals surface area contributed by atoms with Crippen LogP contribution in [0.15, 0.2) is 47.5 Å². The standard InChI is InChI=1S/C23H19FN6O/c24-17-4-3-12(16-10-28-30-22(16)17)18-15-8-14(11-5-7-26-9-11)20-13(2-1-6-27-20)21(15)29-23(31)19(18)25/h1-4,6,8,10-11,26H,5,7,9,25H2,(H,28,30)(H,29,31). The maximum absolute atomic E-state index is 14.3. The van der Waals surface area contributed by atoms with Gasteiger partial charge in [-0.05, 0) is 54.3 Å². The SMILES string of the molecule is Nc1c(-c2ccc(F)c3[nH]ncc23)c2cc(C3CCNC3)c3ncccc3c2[nH]c1=O. The first-order chi connectivity index (χ1) is 15.1. The van der Waals surface area contributed by atoms with E-state index in [4.69, 9.17) is 5.73 Å². The maximum Gasteiger partial charge on any atom is 0.272 e. The zero-order valence-corrected chi connectivity index (χ0v) is 16.5. The Morgan fingerprint density at radius 1 is 1.13 bits per heavy atom. The van der Waals surface area contributed by atoms with Crippen molar-refractivity contribution in [2.45, 2.75) is 12.3 Å². The van der Waals surface area contributed by atoms with Crippen molar-refractivity contribution in [3.63, 3.8) is 0 Å². The molecule has 6 rings (SSSR count). The van der Waals surface area contributed by atoms with Crippen LogP contribution in [0.2, 0.25) is 0 Å². The van der Waals surface area contributed by atoms with E-state index in [1.807, 2.05) is 12.1 Å². The summed E-state index contributed by atoms with van der Waals surface area (Å²) in [5.41, 5.74) is 10.2. The van der Waals surface area contributed by atoms with Crippen molar-refractivity contribution in [2.75, 3.05) is 18.8 Å². The second kappa shape index (κ2) is 6.61. The maximum atomic E-state index is 14.3. The third kappa shape index (κ3) is 2.58. The number of H-pyrrole nitrogens is 2. The molecule has 1 aliphatic heterocycles. The van der Waals surface area contributed by atoms with Crippen LogP contribution in [0.25, 0.3) is 43.8 Å². The van der Waals surface area contributed by atoms with Gasteiger partial charge in [0.15, 0.2) is 0 Å². The quantitative estimate of drug-likeness (QED) is 0.331. The van der Waals surface area contributed by atoms with Gasteiger partial charge in [-0.3, -0.25) is 14.9 Å². The number of pyridine rings is 2. The van der Waals surface area contributed by atoms with Crippen LogP contribution in [0.5, 0.6) is 0 Å². The number of nitrogens with two attached hydrogens (primary N) is 1. The number of halogens is 1. The summed E-state index contributed by atoms with van der Waals surface area (Å²) in [5.74, 6) is -0.0960. The molecule has 2 aromatic carbocycles. The number of nitrogen functional groups attached to an aromatic ring is 1. The predicted octanol–water partition coefficient (Wildman–Crippen LogP) is 3.42. The molecule has 5 aromatic rings. The number of benzene rings is 2. The molecule has 0 spiro atoms. The molecule has 1 saturated heterocycles. The van der Waals surface area contributed by atoms with Gasteiger partial charge in [-0.1, -0.05) is 6.07 Å². The number of nitrogens with zero attached hydrogens (tertiary/aromatic N) is 2. The highest BCUT2D eigenvalue weighted by Crippen LogP contribution is 2.40. The average molecular weight is 414 g/mol. The molecule has 0 bridgehead atoms. The summed E-state index contributed by atoms with van der Waals surface area (Å²) >= 11 is 0. The van der Waals surface area contributed by atoms with E-state index in [-0.39, 0.29) is 16.8 Å². The fraction of sp³-hybridized carbons (Fsp3) is 0.174. The van der Waals surface area contributed by atoms with E-state index < -0.39 is 5.82 Å². The number of fused-ring (bicyclic) bond motifs is 4. The number of nitrogens with one attached hydrogen (secondary N) is 3. The van der Waals surface area contributed by atoms with Gasteiger partial charge in [0, 0.05) is 34.5 Å². The highest BCUT2D eigenvalue weighted by atomic mass is 19.1. The molecule has 154 valence electrons. The molecule has 0 aliphatic carbocycles. The van der Waals surface area contributed by atoms with Crippen LogP contribution >= 0.6 is 0 Å². The molecule has 0 radical (unpaired) electrons. The normalized spacial score (nSPS) is 16.6. The first-order valence-corrected chi connectivity index (χ1v) is 10.2. The molecule has 1 atom stereocenters. The molecule has 31 heavy (non-hydrogen) atoms.